The maximum absolute atomic E-state index is 6.62. The van der Waals surface area contributed by atoms with E-state index in [1.807, 2.05) is 6.07 Å². The Kier molecular flexibility index (Phi) is 5.96. The highest BCUT2D eigenvalue weighted by Crippen LogP contribution is 2.43. The Morgan fingerprint density at radius 1 is 0.333 bits per heavy atom. The number of hydrogen-bond donors (Lipinski definition) is 0. The third-order valence-electron chi connectivity index (χ3n) is 10.5. The first-order valence-electron chi connectivity index (χ1n) is 17.4. The van der Waals surface area contributed by atoms with Gasteiger partial charge in [0.1, 0.15) is 5.58 Å². The normalized spacial score (nSPS) is 11.9. The summed E-state index contributed by atoms with van der Waals surface area (Å²) >= 11 is 0. The predicted octanol–water partition coefficient (Wildman–Crippen LogP) is 13.1. The quantitative estimate of drug-likeness (QED) is 0.186. The molecule has 3 heteroatoms. The van der Waals surface area contributed by atoms with Crippen molar-refractivity contribution >= 4 is 65.6 Å². The highest BCUT2D eigenvalue weighted by molar-refractivity contribution is 6.17. The minimum absolute atomic E-state index is 0.895. The van der Waals surface area contributed by atoms with Crippen LogP contribution in [0.4, 0.5) is 0 Å². The molecule has 3 heterocycles. The van der Waals surface area contributed by atoms with Crippen LogP contribution in [0, 0.1) is 0 Å². The van der Waals surface area contributed by atoms with Gasteiger partial charge < -0.3 is 13.6 Å². The Hall–Kier alpha value is -6.84. The molecule has 0 aliphatic heterocycles. The SMILES string of the molecule is c1ccc(-c2ccccc2-n2c3ccccc3c3cc(-c4cccc5c6ccccc6n(-c6cccc7c6oc6ccccc67)c45)ccc32)cc1. The molecular formula is C48H30N2O. The van der Waals surface area contributed by atoms with Gasteiger partial charge in [-0.15, -0.1) is 0 Å². The van der Waals surface area contributed by atoms with E-state index in [1.165, 1.54) is 66.0 Å². The first-order valence-corrected chi connectivity index (χ1v) is 17.4. The van der Waals surface area contributed by atoms with Crippen LogP contribution in [0.3, 0.4) is 0 Å². The summed E-state index contributed by atoms with van der Waals surface area (Å²) in [5.74, 6) is 0. The Morgan fingerprint density at radius 2 is 0.922 bits per heavy atom. The maximum Gasteiger partial charge on any atom is 0.159 e. The van der Waals surface area contributed by atoms with Crippen molar-refractivity contribution in [3.8, 4) is 33.6 Å². The molecule has 3 aromatic heterocycles. The molecular weight excluding hydrogens is 621 g/mol. The number of para-hydroxylation sites is 6. The molecule has 0 atom stereocenters. The lowest BCUT2D eigenvalue weighted by Crippen LogP contribution is -1.97. The summed E-state index contributed by atoms with van der Waals surface area (Å²) in [5.41, 5.74) is 13.5. The van der Waals surface area contributed by atoms with E-state index in [2.05, 4.69) is 185 Å². The van der Waals surface area contributed by atoms with E-state index in [0.29, 0.717) is 0 Å². The molecule has 0 fully saturated rings. The lowest BCUT2D eigenvalue weighted by atomic mass is 9.99. The number of hydrogen-bond acceptors (Lipinski definition) is 1. The van der Waals surface area contributed by atoms with Crippen LogP contribution < -0.4 is 0 Å². The number of nitrogens with zero attached hydrogens (tertiary/aromatic N) is 2. The van der Waals surface area contributed by atoms with Crippen LogP contribution in [0.2, 0.25) is 0 Å². The van der Waals surface area contributed by atoms with E-state index in [9.17, 15) is 0 Å². The average Bonchev–Trinajstić information content (AvgIpc) is 3.86. The molecule has 238 valence electrons. The first-order chi connectivity index (χ1) is 25.3. The van der Waals surface area contributed by atoms with E-state index in [4.69, 9.17) is 4.42 Å². The summed E-state index contributed by atoms with van der Waals surface area (Å²) in [6, 6.07) is 65.4. The molecule has 8 aromatic carbocycles. The van der Waals surface area contributed by atoms with E-state index < -0.39 is 0 Å². The summed E-state index contributed by atoms with van der Waals surface area (Å²) in [4.78, 5) is 0. The van der Waals surface area contributed by atoms with Gasteiger partial charge in [-0.25, -0.2) is 0 Å². The van der Waals surface area contributed by atoms with Crippen LogP contribution in [0.15, 0.2) is 186 Å². The van der Waals surface area contributed by atoms with Gasteiger partial charge in [0.15, 0.2) is 5.58 Å². The molecule has 11 aromatic rings. The molecule has 0 bridgehead atoms. The van der Waals surface area contributed by atoms with Crippen molar-refractivity contribution in [1.82, 2.24) is 9.13 Å². The lowest BCUT2D eigenvalue weighted by Gasteiger charge is -2.14. The minimum atomic E-state index is 0.895. The van der Waals surface area contributed by atoms with Crippen LogP contribution >= 0.6 is 0 Å². The van der Waals surface area contributed by atoms with Gasteiger partial charge in [0.2, 0.25) is 0 Å². The van der Waals surface area contributed by atoms with E-state index in [1.54, 1.807) is 0 Å². The second-order valence-electron chi connectivity index (χ2n) is 13.3. The van der Waals surface area contributed by atoms with Gasteiger partial charge in [-0.05, 0) is 53.6 Å². The molecule has 0 amide bonds. The predicted molar refractivity (Wildman–Crippen MR) is 213 cm³/mol. The Balaban J connectivity index is 1.20. The zero-order chi connectivity index (χ0) is 33.5. The van der Waals surface area contributed by atoms with Crippen LogP contribution in [0.25, 0.3) is 99.2 Å². The molecule has 0 saturated heterocycles. The molecule has 11 rings (SSSR count). The van der Waals surface area contributed by atoms with Crippen molar-refractivity contribution in [3.05, 3.63) is 182 Å². The largest absolute Gasteiger partial charge is 0.454 e. The number of rotatable bonds is 4. The standard InChI is InChI=1S/C48H30N2O/c1-2-14-31(15-3-1)33-16-4-8-23-41(33)49-42-24-9-6-18-36(42)40-30-32(28-29-44(40)49)34-20-12-21-38-35-17-5-10-25-43(35)50(47(34)38)45-26-13-22-39-37-19-7-11-27-46(37)51-48(39)45/h1-30H. The van der Waals surface area contributed by atoms with Gasteiger partial charge in [-0.3, -0.25) is 0 Å². The Morgan fingerprint density at radius 3 is 1.78 bits per heavy atom. The lowest BCUT2D eigenvalue weighted by molar-refractivity contribution is 0.666. The fourth-order valence-corrected chi connectivity index (χ4v) is 8.34. The number of furan rings is 1. The van der Waals surface area contributed by atoms with Crippen molar-refractivity contribution in [2.45, 2.75) is 0 Å². The van der Waals surface area contributed by atoms with Gasteiger partial charge in [0.05, 0.1) is 33.4 Å². The highest BCUT2D eigenvalue weighted by atomic mass is 16.3. The van der Waals surface area contributed by atoms with Crippen molar-refractivity contribution in [2.75, 3.05) is 0 Å². The molecule has 0 saturated carbocycles. The summed E-state index contributed by atoms with van der Waals surface area (Å²) in [7, 11) is 0. The van der Waals surface area contributed by atoms with Crippen LogP contribution in [-0.4, -0.2) is 9.13 Å². The fourth-order valence-electron chi connectivity index (χ4n) is 8.34. The van der Waals surface area contributed by atoms with Gasteiger partial charge in [0, 0.05) is 43.4 Å². The molecule has 0 radical (unpaired) electrons. The topological polar surface area (TPSA) is 23.0 Å². The molecule has 3 nitrogen and oxygen atoms in total. The zero-order valence-electron chi connectivity index (χ0n) is 27.6. The second kappa shape index (κ2) is 10.8. The van der Waals surface area contributed by atoms with Crippen molar-refractivity contribution in [3.63, 3.8) is 0 Å². The smallest absolute Gasteiger partial charge is 0.159 e. The van der Waals surface area contributed by atoms with Gasteiger partial charge in [0.25, 0.3) is 0 Å². The van der Waals surface area contributed by atoms with Crippen molar-refractivity contribution < 1.29 is 4.42 Å². The minimum Gasteiger partial charge on any atom is -0.454 e. The van der Waals surface area contributed by atoms with E-state index >= 15 is 0 Å². The van der Waals surface area contributed by atoms with Crippen molar-refractivity contribution in [1.29, 1.82) is 0 Å². The number of aromatic nitrogens is 2. The van der Waals surface area contributed by atoms with Gasteiger partial charge in [-0.2, -0.15) is 0 Å². The molecule has 0 spiro atoms. The highest BCUT2D eigenvalue weighted by Gasteiger charge is 2.21. The van der Waals surface area contributed by atoms with Crippen LogP contribution in [0.5, 0.6) is 0 Å². The van der Waals surface area contributed by atoms with Gasteiger partial charge in [-0.1, -0.05) is 140 Å². The number of fused-ring (bicyclic) bond motifs is 9. The maximum atomic E-state index is 6.62. The Labute approximate surface area is 293 Å². The molecule has 0 aliphatic carbocycles. The third kappa shape index (κ3) is 4.06. The monoisotopic (exact) mass is 650 g/mol. The van der Waals surface area contributed by atoms with Crippen molar-refractivity contribution in [2.24, 2.45) is 0 Å². The summed E-state index contributed by atoms with van der Waals surface area (Å²) in [6.45, 7) is 0. The Bertz CT molecular complexity index is 3140. The van der Waals surface area contributed by atoms with E-state index in [0.717, 1.165) is 33.1 Å². The first kappa shape index (κ1) is 28.0. The fraction of sp³-hybridized carbons (Fsp3) is 0. The van der Waals surface area contributed by atoms with Crippen LogP contribution in [-0.2, 0) is 0 Å². The number of benzene rings is 8. The molecule has 51 heavy (non-hydrogen) atoms. The zero-order valence-corrected chi connectivity index (χ0v) is 27.6. The summed E-state index contributed by atoms with van der Waals surface area (Å²) in [5, 5.41) is 7.15. The molecule has 0 unspecified atom stereocenters. The average molecular weight is 651 g/mol. The summed E-state index contributed by atoms with van der Waals surface area (Å²) in [6.07, 6.45) is 0. The molecule has 0 N–H and O–H groups in total. The molecule has 0 aliphatic rings. The van der Waals surface area contributed by atoms with E-state index in [-0.39, 0.29) is 0 Å². The summed E-state index contributed by atoms with van der Waals surface area (Å²) < 4.78 is 11.5. The van der Waals surface area contributed by atoms with Crippen LogP contribution in [0.1, 0.15) is 0 Å². The van der Waals surface area contributed by atoms with Gasteiger partial charge >= 0.3 is 0 Å². The second-order valence-corrected chi connectivity index (χ2v) is 13.3. The third-order valence-corrected chi connectivity index (χ3v) is 10.5.